The summed E-state index contributed by atoms with van der Waals surface area (Å²) in [5, 5.41) is 2.85. The first-order valence-electron chi connectivity index (χ1n) is 5.75. The second-order valence-corrected chi connectivity index (χ2v) is 3.92. The zero-order valence-corrected chi connectivity index (χ0v) is 9.83. The molecule has 0 atom stereocenters. The maximum atomic E-state index is 11.5. The molecule has 0 aromatic heterocycles. The largest absolute Gasteiger partial charge is 0.356 e. The van der Waals surface area contributed by atoms with Gasteiger partial charge in [0.05, 0.1) is 0 Å². The van der Waals surface area contributed by atoms with E-state index in [4.69, 9.17) is 5.73 Å². The monoisotopic (exact) mass is 220 g/mol. The summed E-state index contributed by atoms with van der Waals surface area (Å²) in [6, 6.07) is 8.17. The van der Waals surface area contributed by atoms with Gasteiger partial charge in [0, 0.05) is 13.0 Å². The number of benzene rings is 1. The Balaban J connectivity index is 2.29. The molecule has 0 heterocycles. The van der Waals surface area contributed by atoms with Gasteiger partial charge in [-0.25, -0.2) is 0 Å². The minimum absolute atomic E-state index is 0.108. The topological polar surface area (TPSA) is 55.1 Å². The fourth-order valence-electron chi connectivity index (χ4n) is 1.56. The average Bonchev–Trinajstić information content (AvgIpc) is 2.28. The summed E-state index contributed by atoms with van der Waals surface area (Å²) in [5.74, 6) is 0.108. The van der Waals surface area contributed by atoms with Crippen molar-refractivity contribution in [1.82, 2.24) is 5.32 Å². The van der Waals surface area contributed by atoms with Gasteiger partial charge in [0.25, 0.3) is 0 Å². The Morgan fingerprint density at radius 2 is 2.12 bits per heavy atom. The molecule has 0 spiro atoms. The van der Waals surface area contributed by atoms with Crippen LogP contribution in [0, 0.1) is 6.92 Å². The van der Waals surface area contributed by atoms with Gasteiger partial charge in [-0.15, -0.1) is 0 Å². The lowest BCUT2D eigenvalue weighted by molar-refractivity contribution is -0.121. The summed E-state index contributed by atoms with van der Waals surface area (Å²) in [5.41, 5.74) is 7.84. The van der Waals surface area contributed by atoms with Gasteiger partial charge in [0.2, 0.25) is 5.91 Å². The quantitative estimate of drug-likeness (QED) is 0.712. The Kier molecular flexibility index (Phi) is 5.57. The van der Waals surface area contributed by atoms with E-state index >= 15 is 0 Å². The lowest BCUT2D eigenvalue weighted by atomic mass is 10.0. The normalized spacial score (nSPS) is 10.1. The fourth-order valence-corrected chi connectivity index (χ4v) is 1.56. The lowest BCUT2D eigenvalue weighted by Gasteiger charge is -2.06. The molecule has 3 nitrogen and oxygen atoms in total. The van der Waals surface area contributed by atoms with Crippen molar-refractivity contribution in [1.29, 1.82) is 0 Å². The molecule has 1 aromatic rings. The van der Waals surface area contributed by atoms with Gasteiger partial charge in [-0.05, 0) is 37.4 Å². The zero-order valence-electron chi connectivity index (χ0n) is 9.83. The standard InChI is InChI=1S/C13H20N2O/c1-11-5-2-3-6-12(11)7-8-13(16)15-10-4-9-14/h2-3,5-6H,4,7-10,14H2,1H3,(H,15,16). The third kappa shape index (κ3) is 4.45. The van der Waals surface area contributed by atoms with Gasteiger partial charge in [-0.1, -0.05) is 24.3 Å². The van der Waals surface area contributed by atoms with Crippen molar-refractivity contribution in [3.05, 3.63) is 35.4 Å². The number of carbonyl (C=O) groups excluding carboxylic acids is 1. The third-order valence-electron chi connectivity index (χ3n) is 2.59. The predicted octanol–water partition coefficient (Wildman–Crippen LogP) is 1.39. The number of carbonyl (C=O) groups is 1. The minimum atomic E-state index is 0.108. The first kappa shape index (κ1) is 12.7. The molecule has 1 amide bonds. The maximum Gasteiger partial charge on any atom is 0.220 e. The van der Waals surface area contributed by atoms with Crippen LogP contribution in [0.1, 0.15) is 24.0 Å². The van der Waals surface area contributed by atoms with Crippen molar-refractivity contribution < 1.29 is 4.79 Å². The predicted molar refractivity (Wildman–Crippen MR) is 66.2 cm³/mol. The number of rotatable bonds is 6. The molecule has 1 rings (SSSR count). The van der Waals surface area contributed by atoms with Gasteiger partial charge < -0.3 is 11.1 Å². The van der Waals surface area contributed by atoms with E-state index in [1.165, 1.54) is 11.1 Å². The van der Waals surface area contributed by atoms with E-state index in [9.17, 15) is 4.79 Å². The van der Waals surface area contributed by atoms with E-state index in [0.717, 1.165) is 12.8 Å². The van der Waals surface area contributed by atoms with Gasteiger partial charge >= 0.3 is 0 Å². The Morgan fingerprint density at radius 3 is 2.81 bits per heavy atom. The Morgan fingerprint density at radius 1 is 1.38 bits per heavy atom. The number of hydrogen-bond acceptors (Lipinski definition) is 2. The van der Waals surface area contributed by atoms with Crippen LogP contribution in [0.15, 0.2) is 24.3 Å². The lowest BCUT2D eigenvalue weighted by Crippen LogP contribution is -2.26. The highest BCUT2D eigenvalue weighted by atomic mass is 16.1. The van der Waals surface area contributed by atoms with E-state index in [2.05, 4.69) is 24.4 Å². The molecule has 0 bridgehead atoms. The van der Waals surface area contributed by atoms with Crippen molar-refractivity contribution in [3.63, 3.8) is 0 Å². The van der Waals surface area contributed by atoms with Crippen molar-refractivity contribution in [2.45, 2.75) is 26.2 Å². The highest BCUT2D eigenvalue weighted by Crippen LogP contribution is 2.09. The SMILES string of the molecule is Cc1ccccc1CCC(=O)NCCCN. The highest BCUT2D eigenvalue weighted by Gasteiger charge is 2.02. The van der Waals surface area contributed by atoms with Crippen molar-refractivity contribution >= 4 is 5.91 Å². The molecular weight excluding hydrogens is 200 g/mol. The molecule has 0 unspecified atom stereocenters. The molecule has 0 saturated heterocycles. The van der Waals surface area contributed by atoms with Crippen LogP contribution in [0.3, 0.4) is 0 Å². The van der Waals surface area contributed by atoms with Crippen LogP contribution in [0.4, 0.5) is 0 Å². The smallest absolute Gasteiger partial charge is 0.220 e. The fraction of sp³-hybridized carbons (Fsp3) is 0.462. The molecule has 1 aromatic carbocycles. The van der Waals surface area contributed by atoms with Gasteiger partial charge in [0.1, 0.15) is 0 Å². The van der Waals surface area contributed by atoms with Crippen LogP contribution in [-0.4, -0.2) is 19.0 Å². The molecule has 88 valence electrons. The molecule has 0 saturated carbocycles. The minimum Gasteiger partial charge on any atom is -0.356 e. The number of amides is 1. The van der Waals surface area contributed by atoms with Crippen LogP contribution in [-0.2, 0) is 11.2 Å². The number of hydrogen-bond donors (Lipinski definition) is 2. The van der Waals surface area contributed by atoms with Crippen LogP contribution in [0.2, 0.25) is 0 Å². The molecule has 0 fully saturated rings. The molecule has 0 aliphatic carbocycles. The van der Waals surface area contributed by atoms with E-state index in [0.29, 0.717) is 19.5 Å². The van der Waals surface area contributed by atoms with Crippen molar-refractivity contribution in [2.24, 2.45) is 5.73 Å². The van der Waals surface area contributed by atoms with E-state index in [-0.39, 0.29) is 5.91 Å². The third-order valence-corrected chi connectivity index (χ3v) is 2.59. The molecule has 16 heavy (non-hydrogen) atoms. The summed E-state index contributed by atoms with van der Waals surface area (Å²) in [6.45, 7) is 3.38. The summed E-state index contributed by atoms with van der Waals surface area (Å²) < 4.78 is 0. The maximum absolute atomic E-state index is 11.5. The van der Waals surface area contributed by atoms with Crippen LogP contribution < -0.4 is 11.1 Å². The first-order chi connectivity index (χ1) is 7.74. The number of aryl methyl sites for hydroxylation is 2. The van der Waals surface area contributed by atoms with Crippen LogP contribution >= 0.6 is 0 Å². The van der Waals surface area contributed by atoms with E-state index in [1.807, 2.05) is 12.1 Å². The van der Waals surface area contributed by atoms with E-state index in [1.54, 1.807) is 0 Å². The molecular formula is C13H20N2O. The summed E-state index contributed by atoms with van der Waals surface area (Å²) in [4.78, 5) is 11.5. The summed E-state index contributed by atoms with van der Waals surface area (Å²) in [7, 11) is 0. The van der Waals surface area contributed by atoms with Gasteiger partial charge in [-0.2, -0.15) is 0 Å². The second kappa shape index (κ2) is 7.01. The Labute approximate surface area is 97.0 Å². The molecule has 3 N–H and O–H groups in total. The van der Waals surface area contributed by atoms with Crippen LogP contribution in [0.25, 0.3) is 0 Å². The van der Waals surface area contributed by atoms with Gasteiger partial charge in [-0.3, -0.25) is 4.79 Å². The van der Waals surface area contributed by atoms with E-state index < -0.39 is 0 Å². The van der Waals surface area contributed by atoms with Gasteiger partial charge in [0.15, 0.2) is 0 Å². The molecule has 3 heteroatoms. The second-order valence-electron chi connectivity index (χ2n) is 3.92. The molecule has 0 radical (unpaired) electrons. The Bertz CT molecular complexity index is 336. The summed E-state index contributed by atoms with van der Waals surface area (Å²) in [6.07, 6.45) is 2.20. The Hall–Kier alpha value is -1.35. The first-order valence-corrected chi connectivity index (χ1v) is 5.75. The highest BCUT2D eigenvalue weighted by molar-refractivity contribution is 5.76. The average molecular weight is 220 g/mol. The molecule has 0 aliphatic rings. The number of nitrogens with two attached hydrogens (primary N) is 1. The van der Waals surface area contributed by atoms with Crippen molar-refractivity contribution in [3.8, 4) is 0 Å². The van der Waals surface area contributed by atoms with Crippen molar-refractivity contribution in [2.75, 3.05) is 13.1 Å². The van der Waals surface area contributed by atoms with Crippen LogP contribution in [0.5, 0.6) is 0 Å². The molecule has 0 aliphatic heterocycles. The zero-order chi connectivity index (χ0) is 11.8. The number of nitrogens with one attached hydrogen (secondary N) is 1. The summed E-state index contributed by atoms with van der Waals surface area (Å²) >= 11 is 0.